The standard InChI is InChI=1S/C12H19N3O2/c1-8(2)17-12(16)10-7-14-15-5-3-4-9(6-13)11(10)15/h7-9H,3-6,13H2,1-2H3. The Labute approximate surface area is 101 Å². The van der Waals surface area contributed by atoms with E-state index in [0.29, 0.717) is 12.1 Å². The van der Waals surface area contributed by atoms with E-state index >= 15 is 0 Å². The third-order valence-corrected chi connectivity index (χ3v) is 3.04. The predicted molar refractivity (Wildman–Crippen MR) is 63.8 cm³/mol. The molecule has 5 heteroatoms. The SMILES string of the molecule is CC(C)OC(=O)c1cnn2c1C(CN)CCC2. The van der Waals surface area contributed by atoms with Gasteiger partial charge in [-0.1, -0.05) is 0 Å². The maximum absolute atomic E-state index is 11.9. The van der Waals surface area contributed by atoms with Gasteiger partial charge in [0.05, 0.1) is 18.0 Å². The molecule has 17 heavy (non-hydrogen) atoms. The minimum Gasteiger partial charge on any atom is -0.459 e. The number of rotatable bonds is 3. The highest BCUT2D eigenvalue weighted by molar-refractivity contribution is 5.90. The Morgan fingerprint density at radius 3 is 3.12 bits per heavy atom. The molecule has 1 aromatic heterocycles. The van der Waals surface area contributed by atoms with Crippen LogP contribution < -0.4 is 5.73 Å². The molecular formula is C12H19N3O2. The Morgan fingerprint density at radius 1 is 1.71 bits per heavy atom. The van der Waals surface area contributed by atoms with E-state index in [0.717, 1.165) is 25.1 Å². The van der Waals surface area contributed by atoms with E-state index < -0.39 is 0 Å². The number of nitrogens with two attached hydrogens (primary N) is 1. The fraction of sp³-hybridized carbons (Fsp3) is 0.667. The maximum Gasteiger partial charge on any atom is 0.341 e. The monoisotopic (exact) mass is 237 g/mol. The highest BCUT2D eigenvalue weighted by Crippen LogP contribution is 2.29. The molecule has 94 valence electrons. The third-order valence-electron chi connectivity index (χ3n) is 3.04. The summed E-state index contributed by atoms with van der Waals surface area (Å²) in [5.74, 6) is -0.0671. The summed E-state index contributed by atoms with van der Waals surface area (Å²) < 4.78 is 7.11. The molecule has 1 aliphatic rings. The van der Waals surface area contributed by atoms with Crippen LogP contribution in [-0.4, -0.2) is 28.4 Å². The molecule has 1 aromatic rings. The third kappa shape index (κ3) is 2.34. The molecule has 1 aliphatic heterocycles. The molecule has 0 radical (unpaired) electrons. The zero-order chi connectivity index (χ0) is 12.4. The van der Waals surface area contributed by atoms with Gasteiger partial charge in [0.2, 0.25) is 0 Å². The van der Waals surface area contributed by atoms with Crippen molar-refractivity contribution in [1.29, 1.82) is 0 Å². The highest BCUT2D eigenvalue weighted by Gasteiger charge is 2.27. The summed E-state index contributed by atoms with van der Waals surface area (Å²) >= 11 is 0. The van der Waals surface area contributed by atoms with Gasteiger partial charge in [-0.05, 0) is 26.7 Å². The van der Waals surface area contributed by atoms with Crippen LogP contribution in [0.5, 0.6) is 0 Å². The predicted octanol–water partition coefficient (Wildman–Crippen LogP) is 1.28. The molecule has 1 unspecified atom stereocenters. The van der Waals surface area contributed by atoms with Gasteiger partial charge < -0.3 is 10.5 Å². The van der Waals surface area contributed by atoms with E-state index in [9.17, 15) is 4.79 Å². The Balaban J connectivity index is 2.30. The molecule has 0 bridgehead atoms. The van der Waals surface area contributed by atoms with Crippen molar-refractivity contribution >= 4 is 5.97 Å². The van der Waals surface area contributed by atoms with Crippen LogP contribution in [0.2, 0.25) is 0 Å². The number of hydrogen-bond donors (Lipinski definition) is 1. The lowest BCUT2D eigenvalue weighted by molar-refractivity contribution is 0.0375. The van der Waals surface area contributed by atoms with Crippen molar-refractivity contribution in [2.75, 3.05) is 6.54 Å². The topological polar surface area (TPSA) is 70.1 Å². The molecule has 0 saturated heterocycles. The lowest BCUT2D eigenvalue weighted by Crippen LogP contribution is -2.25. The van der Waals surface area contributed by atoms with Gasteiger partial charge in [-0.25, -0.2) is 4.79 Å². The summed E-state index contributed by atoms with van der Waals surface area (Å²) in [6.45, 7) is 5.09. The molecule has 0 spiro atoms. The number of carbonyl (C=O) groups is 1. The van der Waals surface area contributed by atoms with Crippen LogP contribution in [0, 0.1) is 0 Å². The van der Waals surface area contributed by atoms with E-state index in [1.165, 1.54) is 0 Å². The Bertz CT molecular complexity index is 412. The van der Waals surface area contributed by atoms with E-state index in [2.05, 4.69) is 5.10 Å². The molecular weight excluding hydrogens is 218 g/mol. The number of hydrogen-bond acceptors (Lipinski definition) is 4. The fourth-order valence-corrected chi connectivity index (χ4v) is 2.29. The van der Waals surface area contributed by atoms with Gasteiger partial charge in [-0.3, -0.25) is 4.68 Å². The Kier molecular flexibility index (Phi) is 3.47. The number of esters is 1. The summed E-state index contributed by atoms with van der Waals surface area (Å²) in [6, 6.07) is 0. The fourth-order valence-electron chi connectivity index (χ4n) is 2.29. The van der Waals surface area contributed by atoms with E-state index in [-0.39, 0.29) is 18.0 Å². The van der Waals surface area contributed by atoms with Gasteiger partial charge in [0, 0.05) is 19.0 Å². The number of nitrogens with zero attached hydrogens (tertiary/aromatic N) is 2. The second-order valence-corrected chi connectivity index (χ2v) is 4.70. The minimum absolute atomic E-state index is 0.113. The van der Waals surface area contributed by atoms with Crippen molar-refractivity contribution in [2.24, 2.45) is 5.73 Å². The lowest BCUT2D eigenvalue weighted by Gasteiger charge is -2.23. The van der Waals surface area contributed by atoms with Crippen LogP contribution in [0.4, 0.5) is 0 Å². The van der Waals surface area contributed by atoms with Crippen molar-refractivity contribution < 1.29 is 9.53 Å². The number of fused-ring (bicyclic) bond motifs is 1. The molecule has 0 aromatic carbocycles. The van der Waals surface area contributed by atoms with Gasteiger partial charge in [-0.2, -0.15) is 5.10 Å². The first-order chi connectivity index (χ1) is 8.13. The maximum atomic E-state index is 11.9. The van der Waals surface area contributed by atoms with Gasteiger partial charge >= 0.3 is 5.97 Å². The zero-order valence-electron chi connectivity index (χ0n) is 10.3. The lowest BCUT2D eigenvalue weighted by atomic mass is 9.93. The molecule has 0 aliphatic carbocycles. The summed E-state index contributed by atoms with van der Waals surface area (Å²) in [6.07, 6.45) is 3.57. The smallest absolute Gasteiger partial charge is 0.341 e. The van der Waals surface area contributed by atoms with E-state index in [1.807, 2.05) is 18.5 Å². The van der Waals surface area contributed by atoms with Crippen molar-refractivity contribution in [2.45, 2.75) is 45.3 Å². The number of carbonyl (C=O) groups excluding carboxylic acids is 1. The molecule has 2 heterocycles. The minimum atomic E-state index is -0.290. The van der Waals surface area contributed by atoms with Crippen LogP contribution in [0.15, 0.2) is 6.20 Å². The average Bonchev–Trinajstić information content (AvgIpc) is 2.71. The normalized spacial score (nSPS) is 19.2. The molecule has 0 fully saturated rings. The summed E-state index contributed by atoms with van der Waals surface area (Å²) in [5.41, 5.74) is 7.28. The van der Waals surface area contributed by atoms with Crippen LogP contribution in [0.3, 0.4) is 0 Å². The summed E-state index contributed by atoms with van der Waals surface area (Å²) in [7, 11) is 0. The Hall–Kier alpha value is -1.36. The summed E-state index contributed by atoms with van der Waals surface area (Å²) in [4.78, 5) is 11.9. The quantitative estimate of drug-likeness (QED) is 0.804. The Morgan fingerprint density at radius 2 is 2.47 bits per heavy atom. The van der Waals surface area contributed by atoms with Gasteiger partial charge in [0.15, 0.2) is 0 Å². The number of aryl methyl sites for hydroxylation is 1. The molecule has 2 rings (SSSR count). The van der Waals surface area contributed by atoms with Crippen LogP contribution in [-0.2, 0) is 11.3 Å². The molecule has 0 amide bonds. The molecule has 2 N–H and O–H groups in total. The first kappa shape index (κ1) is 12.1. The second-order valence-electron chi connectivity index (χ2n) is 4.70. The molecule has 0 saturated carbocycles. The second kappa shape index (κ2) is 4.87. The summed E-state index contributed by atoms with van der Waals surface area (Å²) in [5, 5.41) is 4.24. The van der Waals surface area contributed by atoms with E-state index in [1.54, 1.807) is 6.20 Å². The van der Waals surface area contributed by atoms with Crippen molar-refractivity contribution in [1.82, 2.24) is 9.78 Å². The van der Waals surface area contributed by atoms with Gasteiger partial charge in [0.25, 0.3) is 0 Å². The van der Waals surface area contributed by atoms with Crippen LogP contribution in [0.1, 0.15) is 48.7 Å². The van der Waals surface area contributed by atoms with Crippen LogP contribution >= 0.6 is 0 Å². The molecule has 1 atom stereocenters. The van der Waals surface area contributed by atoms with Gasteiger partial charge in [-0.15, -0.1) is 0 Å². The van der Waals surface area contributed by atoms with Crippen molar-refractivity contribution in [3.63, 3.8) is 0 Å². The van der Waals surface area contributed by atoms with Crippen molar-refractivity contribution in [3.8, 4) is 0 Å². The van der Waals surface area contributed by atoms with Crippen molar-refractivity contribution in [3.05, 3.63) is 17.5 Å². The first-order valence-electron chi connectivity index (χ1n) is 6.10. The largest absolute Gasteiger partial charge is 0.459 e. The number of ether oxygens (including phenoxy) is 1. The first-order valence-corrected chi connectivity index (χ1v) is 6.10. The average molecular weight is 237 g/mol. The zero-order valence-corrected chi connectivity index (χ0v) is 10.3. The molecule has 5 nitrogen and oxygen atoms in total. The van der Waals surface area contributed by atoms with E-state index in [4.69, 9.17) is 10.5 Å². The highest BCUT2D eigenvalue weighted by atomic mass is 16.5. The number of aromatic nitrogens is 2. The van der Waals surface area contributed by atoms with Gasteiger partial charge in [0.1, 0.15) is 5.56 Å². The van der Waals surface area contributed by atoms with Crippen LogP contribution in [0.25, 0.3) is 0 Å².